The summed E-state index contributed by atoms with van der Waals surface area (Å²) in [6, 6.07) is 15.4. The molecule has 0 spiro atoms. The molecule has 0 atom stereocenters. The third-order valence-electron chi connectivity index (χ3n) is 6.73. The van der Waals surface area contributed by atoms with Crippen LogP contribution in [0, 0.1) is 0 Å². The van der Waals surface area contributed by atoms with Gasteiger partial charge in [-0.3, -0.25) is 0 Å². The molecule has 170 valence electrons. The molecular formula is C29H42BrN. The molecule has 3 aromatic rings. The predicted molar refractivity (Wildman–Crippen MR) is 142 cm³/mol. The number of aryl methyl sites for hydroxylation is 1. The molecule has 0 fully saturated rings. The lowest BCUT2D eigenvalue weighted by atomic mass is 10.0. The summed E-state index contributed by atoms with van der Waals surface area (Å²) in [6.45, 7) is 3.41. The summed E-state index contributed by atoms with van der Waals surface area (Å²) < 4.78 is 3.74. The van der Waals surface area contributed by atoms with E-state index in [1.807, 2.05) is 0 Å². The van der Waals surface area contributed by atoms with Crippen LogP contribution in [0.2, 0.25) is 0 Å². The van der Waals surface area contributed by atoms with Crippen molar-refractivity contribution in [2.75, 3.05) is 0 Å². The van der Waals surface area contributed by atoms with Gasteiger partial charge in [0.2, 0.25) is 0 Å². The van der Waals surface area contributed by atoms with Gasteiger partial charge in [-0.25, -0.2) is 0 Å². The first-order chi connectivity index (χ1) is 15.3. The Bertz CT molecular complexity index is 894. The van der Waals surface area contributed by atoms with Crippen molar-refractivity contribution in [2.24, 2.45) is 0 Å². The minimum atomic E-state index is 1.12. The standard InChI is InChI=1S/C29H42BrN/c1-2-3-4-5-6-7-8-9-10-11-12-13-14-15-18-24-31-28-23-17-16-20-25(28)26-21-19-22-27(30)29(26)31/h16-17,19-23H,2-15,18,24H2,1H3. The van der Waals surface area contributed by atoms with E-state index in [4.69, 9.17) is 0 Å². The van der Waals surface area contributed by atoms with Crippen molar-refractivity contribution in [2.45, 2.75) is 110 Å². The average molecular weight is 485 g/mol. The molecule has 0 radical (unpaired) electrons. The number of halogens is 1. The molecule has 1 nitrogen and oxygen atoms in total. The summed E-state index contributed by atoms with van der Waals surface area (Å²) in [5.41, 5.74) is 2.73. The Labute approximate surface area is 198 Å². The Hall–Kier alpha value is -1.28. The van der Waals surface area contributed by atoms with Crippen LogP contribution in [0.4, 0.5) is 0 Å². The molecule has 0 aliphatic rings. The maximum absolute atomic E-state index is 3.79. The van der Waals surface area contributed by atoms with Gasteiger partial charge in [0, 0.05) is 27.3 Å². The highest BCUT2D eigenvalue weighted by Crippen LogP contribution is 2.33. The van der Waals surface area contributed by atoms with Gasteiger partial charge in [-0.15, -0.1) is 0 Å². The lowest BCUT2D eigenvalue weighted by Gasteiger charge is -2.09. The second-order valence-electron chi connectivity index (χ2n) is 9.25. The van der Waals surface area contributed by atoms with Gasteiger partial charge in [-0.2, -0.15) is 0 Å². The van der Waals surface area contributed by atoms with Gasteiger partial charge in [0.15, 0.2) is 0 Å². The highest BCUT2D eigenvalue weighted by Gasteiger charge is 2.12. The summed E-state index contributed by atoms with van der Waals surface area (Å²) in [6.07, 6.45) is 21.3. The molecule has 0 aliphatic heterocycles. The van der Waals surface area contributed by atoms with Crippen LogP contribution in [0.1, 0.15) is 103 Å². The first-order valence-corrected chi connectivity index (χ1v) is 13.8. The van der Waals surface area contributed by atoms with Gasteiger partial charge in [0.1, 0.15) is 0 Å². The predicted octanol–water partition coefficient (Wildman–Crippen LogP) is 10.4. The lowest BCUT2D eigenvalue weighted by Crippen LogP contribution is -1.98. The van der Waals surface area contributed by atoms with Gasteiger partial charge < -0.3 is 4.57 Å². The normalized spacial score (nSPS) is 11.7. The molecule has 0 aliphatic carbocycles. The molecular weight excluding hydrogens is 442 g/mol. The van der Waals surface area contributed by atoms with Crippen LogP contribution in [0.5, 0.6) is 0 Å². The van der Waals surface area contributed by atoms with E-state index in [0.29, 0.717) is 0 Å². The number of aromatic nitrogens is 1. The zero-order chi connectivity index (χ0) is 21.7. The molecule has 3 rings (SSSR count). The van der Waals surface area contributed by atoms with E-state index in [9.17, 15) is 0 Å². The van der Waals surface area contributed by atoms with Crippen molar-refractivity contribution in [3.05, 3.63) is 46.9 Å². The minimum Gasteiger partial charge on any atom is -0.340 e. The van der Waals surface area contributed by atoms with E-state index in [-0.39, 0.29) is 0 Å². The molecule has 0 amide bonds. The Morgan fingerprint density at radius 2 is 1.10 bits per heavy atom. The van der Waals surface area contributed by atoms with Gasteiger partial charge in [-0.1, -0.05) is 127 Å². The number of unbranched alkanes of at least 4 members (excludes halogenated alkanes) is 14. The fourth-order valence-corrected chi connectivity index (χ4v) is 5.52. The molecule has 0 N–H and O–H groups in total. The first kappa shape index (κ1) is 24.4. The Kier molecular flexibility index (Phi) is 11.0. The van der Waals surface area contributed by atoms with E-state index in [1.165, 1.54) is 123 Å². The highest BCUT2D eigenvalue weighted by atomic mass is 79.9. The number of nitrogens with zero attached hydrogens (tertiary/aromatic N) is 1. The fourth-order valence-electron chi connectivity index (χ4n) is 4.94. The molecule has 2 heteroatoms. The van der Waals surface area contributed by atoms with E-state index >= 15 is 0 Å². The van der Waals surface area contributed by atoms with Crippen molar-refractivity contribution in [3.63, 3.8) is 0 Å². The molecule has 2 aromatic carbocycles. The summed E-state index contributed by atoms with van der Waals surface area (Å²) >= 11 is 3.79. The van der Waals surface area contributed by atoms with Gasteiger partial charge >= 0.3 is 0 Å². The van der Waals surface area contributed by atoms with Crippen LogP contribution in [0.25, 0.3) is 21.8 Å². The van der Waals surface area contributed by atoms with Gasteiger partial charge in [0.25, 0.3) is 0 Å². The number of rotatable bonds is 16. The SMILES string of the molecule is CCCCCCCCCCCCCCCCCn1c2ccccc2c2cccc(Br)c21. The number of fused-ring (bicyclic) bond motifs is 3. The number of para-hydroxylation sites is 2. The summed E-state index contributed by atoms with van der Waals surface area (Å²) in [5, 5.41) is 2.74. The second-order valence-corrected chi connectivity index (χ2v) is 10.1. The maximum atomic E-state index is 3.79. The summed E-state index contributed by atoms with van der Waals surface area (Å²) in [7, 11) is 0. The Balaban J connectivity index is 1.29. The molecule has 31 heavy (non-hydrogen) atoms. The molecule has 1 heterocycles. The molecule has 1 aromatic heterocycles. The van der Waals surface area contributed by atoms with Crippen molar-refractivity contribution in [1.82, 2.24) is 4.57 Å². The third-order valence-corrected chi connectivity index (χ3v) is 7.37. The third kappa shape index (κ3) is 7.38. The van der Waals surface area contributed by atoms with Gasteiger partial charge in [-0.05, 0) is 34.5 Å². The van der Waals surface area contributed by atoms with Gasteiger partial charge in [0.05, 0.1) is 5.52 Å². The zero-order valence-corrected chi connectivity index (χ0v) is 21.3. The Morgan fingerprint density at radius 3 is 1.71 bits per heavy atom. The van der Waals surface area contributed by atoms with E-state index in [2.05, 4.69) is 69.9 Å². The van der Waals surface area contributed by atoms with Crippen LogP contribution >= 0.6 is 15.9 Å². The first-order valence-electron chi connectivity index (χ1n) is 13.0. The fraction of sp³-hybridized carbons (Fsp3) is 0.586. The number of hydrogen-bond acceptors (Lipinski definition) is 0. The zero-order valence-electron chi connectivity index (χ0n) is 19.7. The number of hydrogen-bond donors (Lipinski definition) is 0. The van der Waals surface area contributed by atoms with Crippen LogP contribution < -0.4 is 0 Å². The summed E-state index contributed by atoms with van der Waals surface area (Å²) in [5.74, 6) is 0. The van der Waals surface area contributed by atoms with Crippen molar-refractivity contribution in [3.8, 4) is 0 Å². The Morgan fingerprint density at radius 1 is 0.581 bits per heavy atom. The van der Waals surface area contributed by atoms with Crippen molar-refractivity contribution >= 4 is 37.7 Å². The molecule has 0 saturated heterocycles. The van der Waals surface area contributed by atoms with Crippen molar-refractivity contribution in [1.29, 1.82) is 0 Å². The van der Waals surface area contributed by atoms with Crippen LogP contribution in [0.3, 0.4) is 0 Å². The quantitative estimate of drug-likeness (QED) is 0.178. The van der Waals surface area contributed by atoms with E-state index in [0.717, 1.165) is 6.54 Å². The molecule has 0 unspecified atom stereocenters. The monoisotopic (exact) mass is 483 g/mol. The van der Waals surface area contributed by atoms with E-state index < -0.39 is 0 Å². The van der Waals surface area contributed by atoms with Crippen LogP contribution in [0.15, 0.2) is 46.9 Å². The maximum Gasteiger partial charge on any atom is 0.0635 e. The smallest absolute Gasteiger partial charge is 0.0635 e. The number of benzene rings is 2. The van der Waals surface area contributed by atoms with Crippen molar-refractivity contribution < 1.29 is 0 Å². The van der Waals surface area contributed by atoms with Crippen LogP contribution in [-0.2, 0) is 6.54 Å². The molecule has 0 bridgehead atoms. The molecule has 0 saturated carbocycles. The van der Waals surface area contributed by atoms with E-state index in [1.54, 1.807) is 0 Å². The average Bonchev–Trinajstić information content (AvgIpc) is 3.11. The second kappa shape index (κ2) is 14.0. The van der Waals surface area contributed by atoms with Crippen LogP contribution in [-0.4, -0.2) is 4.57 Å². The summed E-state index contributed by atoms with van der Waals surface area (Å²) in [4.78, 5) is 0. The minimum absolute atomic E-state index is 1.12. The topological polar surface area (TPSA) is 4.93 Å². The lowest BCUT2D eigenvalue weighted by molar-refractivity contribution is 0.526. The largest absolute Gasteiger partial charge is 0.340 e. The highest BCUT2D eigenvalue weighted by molar-refractivity contribution is 9.10.